The standard InChI is InChI=1S/C14H18N2O2/c1-2-11(10-15-13-5-6-13)9-12-3-7-14(8-4-12)16(17)18/h3-4,7-9,13,15H,2,5-6,10H2,1H3. The summed E-state index contributed by atoms with van der Waals surface area (Å²) >= 11 is 0. The summed E-state index contributed by atoms with van der Waals surface area (Å²) in [5, 5.41) is 14.0. The second-order valence-electron chi connectivity index (χ2n) is 4.66. The molecule has 0 atom stereocenters. The van der Waals surface area contributed by atoms with E-state index in [9.17, 15) is 10.1 Å². The van der Waals surface area contributed by atoms with Crippen LogP contribution < -0.4 is 5.32 Å². The van der Waals surface area contributed by atoms with Crippen LogP contribution in [0.4, 0.5) is 5.69 Å². The summed E-state index contributed by atoms with van der Waals surface area (Å²) in [7, 11) is 0. The molecule has 0 aromatic heterocycles. The van der Waals surface area contributed by atoms with Gasteiger partial charge >= 0.3 is 0 Å². The van der Waals surface area contributed by atoms with Gasteiger partial charge in [-0.25, -0.2) is 0 Å². The third-order valence-electron chi connectivity index (χ3n) is 3.12. The Kier molecular flexibility index (Phi) is 4.10. The van der Waals surface area contributed by atoms with Crippen molar-refractivity contribution in [3.05, 3.63) is 45.5 Å². The highest BCUT2D eigenvalue weighted by Gasteiger charge is 2.20. The molecule has 0 heterocycles. The summed E-state index contributed by atoms with van der Waals surface area (Å²) in [6.45, 7) is 3.05. The molecule has 0 radical (unpaired) electrons. The van der Waals surface area contributed by atoms with Crippen LogP contribution in [0.5, 0.6) is 0 Å². The lowest BCUT2D eigenvalue weighted by Crippen LogP contribution is -2.18. The maximum Gasteiger partial charge on any atom is 0.269 e. The number of hydrogen-bond acceptors (Lipinski definition) is 3. The number of nitrogens with one attached hydrogen (secondary N) is 1. The average Bonchev–Trinajstić information content (AvgIpc) is 3.19. The Morgan fingerprint density at radius 3 is 2.61 bits per heavy atom. The molecule has 18 heavy (non-hydrogen) atoms. The van der Waals surface area contributed by atoms with Crippen molar-refractivity contribution in [2.24, 2.45) is 0 Å². The highest BCUT2D eigenvalue weighted by atomic mass is 16.6. The van der Waals surface area contributed by atoms with E-state index in [0.29, 0.717) is 6.04 Å². The molecule has 0 unspecified atom stereocenters. The first-order chi connectivity index (χ1) is 8.69. The summed E-state index contributed by atoms with van der Waals surface area (Å²) < 4.78 is 0. The van der Waals surface area contributed by atoms with E-state index in [1.165, 1.54) is 18.4 Å². The fraction of sp³-hybridized carbons (Fsp3) is 0.429. The van der Waals surface area contributed by atoms with E-state index >= 15 is 0 Å². The molecule has 2 rings (SSSR count). The first-order valence-corrected chi connectivity index (χ1v) is 6.36. The van der Waals surface area contributed by atoms with Gasteiger partial charge in [0, 0.05) is 24.7 Å². The van der Waals surface area contributed by atoms with E-state index < -0.39 is 0 Å². The second kappa shape index (κ2) is 5.78. The van der Waals surface area contributed by atoms with Gasteiger partial charge in [0.05, 0.1) is 4.92 Å². The van der Waals surface area contributed by atoms with E-state index in [2.05, 4.69) is 18.3 Å². The van der Waals surface area contributed by atoms with Gasteiger partial charge in [-0.2, -0.15) is 0 Å². The van der Waals surface area contributed by atoms with Gasteiger partial charge in [0.1, 0.15) is 0 Å². The van der Waals surface area contributed by atoms with Gasteiger partial charge in [-0.1, -0.05) is 18.6 Å². The number of nitro benzene ring substituents is 1. The van der Waals surface area contributed by atoms with Crippen LogP contribution in [-0.4, -0.2) is 17.5 Å². The third-order valence-corrected chi connectivity index (χ3v) is 3.12. The van der Waals surface area contributed by atoms with Gasteiger partial charge in [0.2, 0.25) is 0 Å². The van der Waals surface area contributed by atoms with Crippen LogP contribution in [-0.2, 0) is 0 Å². The predicted octanol–water partition coefficient (Wildman–Crippen LogP) is 3.14. The quantitative estimate of drug-likeness (QED) is 0.619. The molecule has 1 saturated carbocycles. The molecule has 0 spiro atoms. The average molecular weight is 246 g/mol. The van der Waals surface area contributed by atoms with Crippen molar-refractivity contribution in [2.45, 2.75) is 32.2 Å². The van der Waals surface area contributed by atoms with Gasteiger partial charge in [-0.3, -0.25) is 10.1 Å². The second-order valence-corrected chi connectivity index (χ2v) is 4.66. The Bertz CT molecular complexity index is 447. The zero-order chi connectivity index (χ0) is 13.0. The molecule has 4 heteroatoms. The molecule has 1 N–H and O–H groups in total. The summed E-state index contributed by atoms with van der Waals surface area (Å²) in [6, 6.07) is 7.40. The van der Waals surface area contributed by atoms with Crippen LogP contribution in [0.2, 0.25) is 0 Å². The van der Waals surface area contributed by atoms with Crippen molar-refractivity contribution in [3.8, 4) is 0 Å². The summed E-state index contributed by atoms with van der Waals surface area (Å²) in [5.74, 6) is 0. The van der Waals surface area contributed by atoms with Crippen LogP contribution in [0, 0.1) is 10.1 Å². The Morgan fingerprint density at radius 2 is 2.11 bits per heavy atom. The van der Waals surface area contributed by atoms with Crippen LogP contribution in [0.3, 0.4) is 0 Å². The van der Waals surface area contributed by atoms with Crippen molar-refractivity contribution in [2.75, 3.05) is 6.54 Å². The lowest BCUT2D eigenvalue weighted by molar-refractivity contribution is -0.384. The zero-order valence-corrected chi connectivity index (χ0v) is 10.6. The van der Waals surface area contributed by atoms with E-state index in [-0.39, 0.29) is 10.6 Å². The maximum absolute atomic E-state index is 10.6. The summed E-state index contributed by atoms with van der Waals surface area (Å²) in [6.07, 6.45) is 5.68. The Hall–Kier alpha value is -1.68. The minimum absolute atomic E-state index is 0.140. The number of hydrogen-bond donors (Lipinski definition) is 1. The van der Waals surface area contributed by atoms with Crippen molar-refractivity contribution < 1.29 is 4.92 Å². The monoisotopic (exact) mass is 246 g/mol. The molecule has 1 aliphatic carbocycles. The fourth-order valence-electron chi connectivity index (χ4n) is 1.77. The van der Waals surface area contributed by atoms with Crippen molar-refractivity contribution in [1.29, 1.82) is 0 Å². The number of nitro groups is 1. The van der Waals surface area contributed by atoms with Crippen LogP contribution in [0.25, 0.3) is 6.08 Å². The molecule has 4 nitrogen and oxygen atoms in total. The van der Waals surface area contributed by atoms with Crippen LogP contribution in [0.1, 0.15) is 31.7 Å². The van der Waals surface area contributed by atoms with Gasteiger partial charge in [0.25, 0.3) is 5.69 Å². The summed E-state index contributed by atoms with van der Waals surface area (Å²) in [4.78, 5) is 10.2. The highest BCUT2D eigenvalue weighted by Crippen LogP contribution is 2.20. The molecule has 1 aliphatic rings. The minimum atomic E-state index is -0.372. The van der Waals surface area contributed by atoms with Crippen molar-refractivity contribution >= 4 is 11.8 Å². The number of non-ortho nitro benzene ring substituents is 1. The molecule has 1 fully saturated rings. The van der Waals surface area contributed by atoms with Gasteiger partial charge in [0.15, 0.2) is 0 Å². The minimum Gasteiger partial charge on any atom is -0.310 e. The lowest BCUT2D eigenvalue weighted by atomic mass is 10.1. The molecule has 1 aromatic rings. The van der Waals surface area contributed by atoms with Gasteiger partial charge in [-0.05, 0) is 37.0 Å². The Labute approximate surface area is 107 Å². The Balaban J connectivity index is 2.01. The number of benzene rings is 1. The van der Waals surface area contributed by atoms with Crippen LogP contribution >= 0.6 is 0 Å². The smallest absolute Gasteiger partial charge is 0.269 e. The molecular weight excluding hydrogens is 228 g/mol. The molecule has 1 aromatic carbocycles. The first kappa shape index (κ1) is 12.8. The molecule has 0 saturated heterocycles. The topological polar surface area (TPSA) is 55.2 Å². The molecule has 0 amide bonds. The van der Waals surface area contributed by atoms with Gasteiger partial charge in [-0.15, -0.1) is 0 Å². The SMILES string of the molecule is CCC(=Cc1ccc([N+](=O)[O-])cc1)CNC1CC1. The zero-order valence-electron chi connectivity index (χ0n) is 10.6. The number of rotatable bonds is 6. The van der Waals surface area contributed by atoms with Crippen LogP contribution in [0.15, 0.2) is 29.8 Å². The maximum atomic E-state index is 10.6. The predicted molar refractivity (Wildman–Crippen MR) is 72.4 cm³/mol. The molecule has 0 bridgehead atoms. The third kappa shape index (κ3) is 3.67. The largest absolute Gasteiger partial charge is 0.310 e. The first-order valence-electron chi connectivity index (χ1n) is 6.36. The van der Waals surface area contributed by atoms with E-state index in [4.69, 9.17) is 0 Å². The van der Waals surface area contributed by atoms with Crippen molar-refractivity contribution in [3.63, 3.8) is 0 Å². The van der Waals surface area contributed by atoms with Gasteiger partial charge < -0.3 is 5.32 Å². The molecular formula is C14H18N2O2. The lowest BCUT2D eigenvalue weighted by Gasteiger charge is -2.06. The summed E-state index contributed by atoms with van der Waals surface area (Å²) in [5.41, 5.74) is 2.49. The number of nitrogens with zero attached hydrogens (tertiary/aromatic N) is 1. The normalized spacial score (nSPS) is 15.7. The molecule has 0 aliphatic heterocycles. The Morgan fingerprint density at radius 1 is 1.44 bits per heavy atom. The van der Waals surface area contributed by atoms with E-state index in [1.54, 1.807) is 24.3 Å². The van der Waals surface area contributed by atoms with E-state index in [1.807, 2.05) is 0 Å². The highest BCUT2D eigenvalue weighted by molar-refractivity contribution is 5.55. The fourth-order valence-corrected chi connectivity index (χ4v) is 1.77. The van der Waals surface area contributed by atoms with E-state index in [0.717, 1.165) is 18.5 Å². The van der Waals surface area contributed by atoms with Crippen molar-refractivity contribution in [1.82, 2.24) is 5.32 Å². The molecule has 96 valence electrons.